The lowest BCUT2D eigenvalue weighted by molar-refractivity contribution is 0.0589. The Balaban J connectivity index is 3.60. The van der Waals surface area contributed by atoms with Crippen LogP contribution in [0, 0.1) is 0 Å². The molecule has 0 bridgehead atoms. The Kier molecular flexibility index (Phi) is 3.39. The van der Waals surface area contributed by atoms with Gasteiger partial charge in [-0.25, -0.2) is 9.78 Å². The van der Waals surface area contributed by atoms with Crippen molar-refractivity contribution in [2.24, 2.45) is 7.05 Å². The molecule has 0 aliphatic carbocycles. The third kappa shape index (κ3) is 1.79. The second-order valence-corrected chi connectivity index (χ2v) is 2.83. The minimum Gasteiger partial charge on any atom is -0.489 e. The molecule has 1 aromatic heterocycles. The third-order valence-electron chi connectivity index (χ3n) is 1.97. The molecule has 16 heavy (non-hydrogen) atoms. The summed E-state index contributed by atoms with van der Waals surface area (Å²) in [6.07, 6.45) is 0.368. The molecule has 0 fully saturated rings. The van der Waals surface area contributed by atoms with Crippen LogP contribution in [0.2, 0.25) is 0 Å². The first-order valence-corrected chi connectivity index (χ1v) is 4.25. The number of aromatic nitrogens is 2. The summed E-state index contributed by atoms with van der Waals surface area (Å²) in [5.74, 6) is -1.26. The van der Waals surface area contributed by atoms with Gasteiger partial charge in [-0.1, -0.05) is 0 Å². The number of methoxy groups -OCH3 is 2. The van der Waals surface area contributed by atoms with Gasteiger partial charge in [0, 0.05) is 7.05 Å². The summed E-state index contributed by atoms with van der Waals surface area (Å²) in [6, 6.07) is 0. The molecule has 1 rings (SSSR count). The summed E-state index contributed by atoms with van der Waals surface area (Å²) in [6.45, 7) is 0. The molecular weight excluding hydrogens is 216 g/mol. The van der Waals surface area contributed by atoms with E-state index in [0.717, 1.165) is 11.7 Å². The molecule has 86 valence electrons. The quantitative estimate of drug-likeness (QED) is 0.504. The summed E-state index contributed by atoms with van der Waals surface area (Å²) in [5, 5.41) is 0. The topological polar surface area (TPSA) is 87.5 Å². The average molecular weight is 226 g/mol. The van der Waals surface area contributed by atoms with Crippen LogP contribution in [0.1, 0.15) is 21.1 Å². The minimum atomic E-state index is -0.836. The smallest absolute Gasteiger partial charge is 0.360 e. The molecule has 0 unspecified atom stereocenters. The second-order valence-electron chi connectivity index (χ2n) is 2.83. The Morgan fingerprint density at radius 3 is 2.50 bits per heavy atom. The van der Waals surface area contributed by atoms with Gasteiger partial charge in [-0.2, -0.15) is 0 Å². The van der Waals surface area contributed by atoms with E-state index in [1.54, 1.807) is 0 Å². The zero-order valence-corrected chi connectivity index (χ0v) is 9.01. The highest BCUT2D eigenvalue weighted by Gasteiger charge is 2.21. The molecule has 0 aliphatic heterocycles. The fourth-order valence-corrected chi connectivity index (χ4v) is 1.12. The summed E-state index contributed by atoms with van der Waals surface area (Å²) in [5.41, 5.74) is -0.935. The van der Waals surface area contributed by atoms with Crippen molar-refractivity contribution in [2.75, 3.05) is 14.2 Å². The van der Waals surface area contributed by atoms with E-state index >= 15 is 0 Å². The highest BCUT2D eigenvalue weighted by Crippen LogP contribution is 2.11. The maximum absolute atomic E-state index is 11.7. The number of rotatable bonds is 3. The van der Waals surface area contributed by atoms with Gasteiger partial charge in [-0.3, -0.25) is 14.2 Å². The molecule has 0 spiro atoms. The largest absolute Gasteiger partial charge is 0.489 e. The molecule has 0 radical (unpaired) electrons. The van der Waals surface area contributed by atoms with Gasteiger partial charge in [0.2, 0.25) is 5.75 Å². The molecule has 0 saturated heterocycles. The van der Waals surface area contributed by atoms with E-state index in [0.29, 0.717) is 6.29 Å². The van der Waals surface area contributed by atoms with Gasteiger partial charge < -0.3 is 9.47 Å². The predicted octanol–water partition coefficient (Wildman–Crippen LogP) is -0.612. The summed E-state index contributed by atoms with van der Waals surface area (Å²) in [7, 11) is 3.72. The van der Waals surface area contributed by atoms with Crippen molar-refractivity contribution >= 4 is 12.3 Å². The molecule has 0 aliphatic rings. The Hall–Kier alpha value is -2.18. The van der Waals surface area contributed by atoms with Gasteiger partial charge in [-0.05, 0) is 0 Å². The molecule has 0 saturated carbocycles. The van der Waals surface area contributed by atoms with E-state index in [1.165, 1.54) is 14.2 Å². The molecule has 1 aromatic rings. The molecule has 1 heterocycles. The maximum atomic E-state index is 11.7. The summed E-state index contributed by atoms with van der Waals surface area (Å²) in [4.78, 5) is 37.3. The highest BCUT2D eigenvalue weighted by molar-refractivity contribution is 5.90. The minimum absolute atomic E-state index is 0.175. The van der Waals surface area contributed by atoms with Gasteiger partial charge in [0.05, 0.1) is 14.2 Å². The first-order chi connectivity index (χ1) is 7.56. The van der Waals surface area contributed by atoms with Gasteiger partial charge in [0.25, 0.3) is 5.56 Å². The number of aldehydes is 1. The SMILES string of the molecule is COC(=O)c1nc(C=O)n(C)c(=O)c1OC. The molecular formula is C9H10N2O5. The number of hydrogen-bond donors (Lipinski definition) is 0. The zero-order chi connectivity index (χ0) is 12.3. The summed E-state index contributed by atoms with van der Waals surface area (Å²) >= 11 is 0. The van der Waals surface area contributed by atoms with Crippen LogP contribution in [0.5, 0.6) is 5.75 Å². The van der Waals surface area contributed by atoms with Crippen molar-refractivity contribution in [1.29, 1.82) is 0 Å². The van der Waals surface area contributed by atoms with E-state index < -0.39 is 11.5 Å². The molecule has 0 aromatic carbocycles. The van der Waals surface area contributed by atoms with Crippen LogP contribution in [0.3, 0.4) is 0 Å². The third-order valence-corrected chi connectivity index (χ3v) is 1.97. The van der Waals surface area contributed by atoms with Gasteiger partial charge in [-0.15, -0.1) is 0 Å². The summed E-state index contributed by atoms with van der Waals surface area (Å²) < 4.78 is 10.2. The molecule has 7 heteroatoms. The first kappa shape index (κ1) is 11.9. The second kappa shape index (κ2) is 4.56. The van der Waals surface area contributed by atoms with Crippen LogP contribution in [0.4, 0.5) is 0 Å². The lowest BCUT2D eigenvalue weighted by Gasteiger charge is -2.08. The van der Waals surface area contributed by atoms with Gasteiger partial charge >= 0.3 is 5.97 Å². The Bertz CT molecular complexity index is 491. The van der Waals surface area contributed by atoms with Crippen molar-refractivity contribution in [2.45, 2.75) is 0 Å². The van der Waals surface area contributed by atoms with Crippen molar-refractivity contribution in [3.63, 3.8) is 0 Å². The van der Waals surface area contributed by atoms with Crippen molar-refractivity contribution < 1.29 is 19.1 Å². The van der Waals surface area contributed by atoms with Crippen molar-refractivity contribution in [3.8, 4) is 5.75 Å². The Morgan fingerprint density at radius 2 is 2.06 bits per heavy atom. The van der Waals surface area contributed by atoms with Crippen LogP contribution >= 0.6 is 0 Å². The van der Waals surface area contributed by atoms with Gasteiger partial charge in [0.15, 0.2) is 17.8 Å². The molecule has 0 N–H and O–H groups in total. The van der Waals surface area contributed by atoms with Gasteiger partial charge in [0.1, 0.15) is 0 Å². The van der Waals surface area contributed by atoms with E-state index in [1.807, 2.05) is 0 Å². The monoisotopic (exact) mass is 226 g/mol. The van der Waals surface area contributed by atoms with E-state index in [-0.39, 0.29) is 17.3 Å². The van der Waals surface area contributed by atoms with Crippen molar-refractivity contribution in [1.82, 2.24) is 9.55 Å². The van der Waals surface area contributed by atoms with E-state index in [2.05, 4.69) is 9.72 Å². The van der Waals surface area contributed by atoms with Crippen LogP contribution in [-0.2, 0) is 11.8 Å². The highest BCUT2D eigenvalue weighted by atomic mass is 16.5. The Labute approximate surface area is 90.6 Å². The van der Waals surface area contributed by atoms with Crippen LogP contribution in [0.15, 0.2) is 4.79 Å². The number of ether oxygens (including phenoxy) is 2. The number of esters is 1. The lowest BCUT2D eigenvalue weighted by atomic mass is 10.3. The van der Waals surface area contributed by atoms with E-state index in [4.69, 9.17) is 4.74 Å². The number of hydrogen-bond acceptors (Lipinski definition) is 6. The van der Waals surface area contributed by atoms with Crippen LogP contribution in [0.25, 0.3) is 0 Å². The van der Waals surface area contributed by atoms with Crippen molar-refractivity contribution in [3.05, 3.63) is 21.9 Å². The molecule has 0 atom stereocenters. The first-order valence-electron chi connectivity index (χ1n) is 4.25. The lowest BCUT2D eigenvalue weighted by Crippen LogP contribution is -2.27. The van der Waals surface area contributed by atoms with Crippen LogP contribution in [-0.4, -0.2) is 36.0 Å². The number of nitrogens with zero attached hydrogens (tertiary/aromatic N) is 2. The zero-order valence-electron chi connectivity index (χ0n) is 9.01. The number of carbonyl (C=O) groups excluding carboxylic acids is 2. The van der Waals surface area contributed by atoms with E-state index in [9.17, 15) is 14.4 Å². The standard InChI is InChI=1S/C9H10N2O5/c1-11-5(4-12)10-6(9(14)16-3)7(15-2)8(11)13/h4H,1-3H3. The average Bonchev–Trinajstić information content (AvgIpc) is 2.31. The fraction of sp³-hybridized carbons (Fsp3) is 0.333. The fourth-order valence-electron chi connectivity index (χ4n) is 1.12. The number of carbonyl (C=O) groups is 2. The predicted molar refractivity (Wildman–Crippen MR) is 52.8 cm³/mol. The molecule has 0 amide bonds. The Morgan fingerprint density at radius 1 is 1.44 bits per heavy atom. The normalized spacial score (nSPS) is 9.69. The maximum Gasteiger partial charge on any atom is 0.360 e. The van der Waals surface area contributed by atoms with Crippen LogP contribution < -0.4 is 10.3 Å². The molecule has 7 nitrogen and oxygen atoms in total.